The third-order valence-corrected chi connectivity index (χ3v) is 6.42. The molecule has 182 valence electrons. The predicted octanol–water partition coefficient (Wildman–Crippen LogP) is 3.51. The van der Waals surface area contributed by atoms with Crippen LogP contribution in [0.2, 0.25) is 0 Å². The molecule has 4 N–H and O–H groups in total. The van der Waals surface area contributed by atoms with Crippen molar-refractivity contribution in [2.75, 3.05) is 11.1 Å². The molecule has 0 unspecified atom stereocenters. The molecule has 0 atom stereocenters. The summed E-state index contributed by atoms with van der Waals surface area (Å²) in [5, 5.41) is 11.4. The molecule has 0 aliphatic heterocycles. The Kier molecular flexibility index (Phi) is 6.40. The number of hydrogen-bond donors (Lipinski definition) is 3. The van der Waals surface area contributed by atoms with Crippen LogP contribution in [0.3, 0.4) is 0 Å². The molecule has 3 aromatic heterocycles. The van der Waals surface area contributed by atoms with Crippen molar-refractivity contribution < 1.29 is 9.59 Å². The Hall–Kier alpha value is -4.60. The molecule has 1 aliphatic carbocycles. The fourth-order valence-electron chi connectivity index (χ4n) is 4.58. The number of pyridine rings is 1. The Morgan fingerprint density at radius 1 is 1.03 bits per heavy atom. The normalized spacial score (nSPS) is 17.4. The topological polar surface area (TPSA) is 141 Å². The maximum absolute atomic E-state index is 12.6. The average Bonchev–Trinajstić information content (AvgIpc) is 3.31. The Labute approximate surface area is 207 Å². The van der Waals surface area contributed by atoms with Gasteiger partial charge in [-0.3, -0.25) is 9.59 Å². The van der Waals surface area contributed by atoms with Crippen LogP contribution in [0.15, 0.2) is 67.6 Å². The monoisotopic (exact) mass is 482 g/mol. The number of carbonyl (C=O) groups is 2. The molecular formula is C26H26N8O2. The number of anilines is 2. The number of hydrogen-bond acceptors (Lipinski definition) is 7. The maximum atomic E-state index is 12.6. The average molecular weight is 483 g/mol. The van der Waals surface area contributed by atoms with Gasteiger partial charge in [0.2, 0.25) is 5.91 Å². The van der Waals surface area contributed by atoms with Crippen molar-refractivity contribution in [2.45, 2.75) is 37.8 Å². The van der Waals surface area contributed by atoms with Crippen LogP contribution in [0.1, 0.15) is 42.1 Å². The van der Waals surface area contributed by atoms with Gasteiger partial charge in [-0.2, -0.15) is 5.10 Å². The second-order valence-electron chi connectivity index (χ2n) is 8.72. The summed E-state index contributed by atoms with van der Waals surface area (Å²) in [7, 11) is 0. The number of nitrogens with two attached hydrogens (primary N) is 1. The molecule has 4 aromatic rings. The van der Waals surface area contributed by atoms with Gasteiger partial charge in [0.1, 0.15) is 23.7 Å². The van der Waals surface area contributed by atoms with Gasteiger partial charge < -0.3 is 16.4 Å². The first kappa shape index (κ1) is 23.2. The minimum Gasteiger partial charge on any atom is -0.383 e. The van der Waals surface area contributed by atoms with E-state index in [4.69, 9.17) is 10.8 Å². The first-order valence-electron chi connectivity index (χ1n) is 11.8. The van der Waals surface area contributed by atoms with E-state index >= 15 is 0 Å². The van der Waals surface area contributed by atoms with Crippen molar-refractivity contribution in [3.05, 3.63) is 73.2 Å². The Morgan fingerprint density at radius 2 is 1.81 bits per heavy atom. The number of carbonyl (C=O) groups excluding carboxylic acids is 2. The van der Waals surface area contributed by atoms with Crippen LogP contribution in [-0.4, -0.2) is 42.6 Å². The highest BCUT2D eigenvalue weighted by Crippen LogP contribution is 2.36. The van der Waals surface area contributed by atoms with E-state index in [1.807, 2.05) is 22.9 Å². The summed E-state index contributed by atoms with van der Waals surface area (Å²) in [6, 6.07) is 12.7. The first-order chi connectivity index (χ1) is 17.5. The molecule has 1 fully saturated rings. The van der Waals surface area contributed by atoms with Crippen LogP contribution in [0, 0.1) is 0 Å². The van der Waals surface area contributed by atoms with Crippen molar-refractivity contribution in [3.63, 3.8) is 0 Å². The molecule has 2 amide bonds. The molecule has 1 aromatic carbocycles. The number of benzene rings is 1. The molecule has 3 heterocycles. The lowest BCUT2D eigenvalue weighted by Gasteiger charge is -2.29. The van der Waals surface area contributed by atoms with Gasteiger partial charge in [0.15, 0.2) is 5.65 Å². The van der Waals surface area contributed by atoms with Crippen molar-refractivity contribution in [3.8, 4) is 11.3 Å². The summed E-state index contributed by atoms with van der Waals surface area (Å²) in [4.78, 5) is 37.1. The van der Waals surface area contributed by atoms with Gasteiger partial charge in [-0.1, -0.05) is 24.8 Å². The van der Waals surface area contributed by atoms with Crippen LogP contribution in [0.25, 0.3) is 22.3 Å². The molecule has 36 heavy (non-hydrogen) atoms. The smallest absolute Gasteiger partial charge is 0.256 e. The SMILES string of the molecule is C=CC(=O)NC1CCC(n2nc(-c3ccc(C(=O)Nc4ccccn4)cc3)c3c(N)ncnc32)CC1. The van der Waals surface area contributed by atoms with Crippen LogP contribution in [0.4, 0.5) is 11.6 Å². The maximum Gasteiger partial charge on any atom is 0.256 e. The largest absolute Gasteiger partial charge is 0.383 e. The number of aromatic nitrogens is 5. The molecule has 0 radical (unpaired) electrons. The van der Waals surface area contributed by atoms with E-state index in [0.717, 1.165) is 31.2 Å². The van der Waals surface area contributed by atoms with E-state index in [1.54, 1.807) is 30.5 Å². The second-order valence-corrected chi connectivity index (χ2v) is 8.72. The Balaban J connectivity index is 1.40. The molecule has 5 rings (SSSR count). The van der Waals surface area contributed by atoms with Crippen LogP contribution >= 0.6 is 0 Å². The molecule has 10 heteroatoms. The molecule has 0 saturated heterocycles. The minimum absolute atomic E-state index is 0.121. The van der Waals surface area contributed by atoms with E-state index in [-0.39, 0.29) is 23.9 Å². The number of nitrogens with zero attached hydrogens (tertiary/aromatic N) is 5. The van der Waals surface area contributed by atoms with Crippen molar-refractivity contribution in [1.82, 2.24) is 30.0 Å². The van der Waals surface area contributed by atoms with E-state index in [0.29, 0.717) is 33.9 Å². The zero-order valence-corrected chi connectivity index (χ0v) is 19.6. The van der Waals surface area contributed by atoms with E-state index in [1.165, 1.54) is 12.4 Å². The third-order valence-electron chi connectivity index (χ3n) is 6.42. The molecular weight excluding hydrogens is 456 g/mol. The first-order valence-corrected chi connectivity index (χ1v) is 11.8. The van der Waals surface area contributed by atoms with Crippen molar-refractivity contribution in [2.24, 2.45) is 0 Å². The number of fused-ring (bicyclic) bond motifs is 1. The summed E-state index contributed by atoms with van der Waals surface area (Å²) >= 11 is 0. The number of amides is 2. The fraction of sp³-hybridized carbons (Fsp3) is 0.231. The van der Waals surface area contributed by atoms with E-state index in [9.17, 15) is 9.59 Å². The molecule has 1 aliphatic rings. The zero-order valence-electron chi connectivity index (χ0n) is 19.6. The van der Waals surface area contributed by atoms with Crippen LogP contribution in [-0.2, 0) is 4.79 Å². The van der Waals surface area contributed by atoms with Gasteiger partial charge in [-0.25, -0.2) is 19.6 Å². The summed E-state index contributed by atoms with van der Waals surface area (Å²) in [6.07, 6.45) is 7.72. The highest BCUT2D eigenvalue weighted by atomic mass is 16.2. The molecule has 10 nitrogen and oxygen atoms in total. The second kappa shape index (κ2) is 9.95. The standard InChI is InChI=1S/C26H26N8O2/c1-2-21(35)31-18-10-12-19(13-11-18)34-25-22(24(27)29-15-30-25)23(33-34)16-6-8-17(9-7-16)26(36)32-20-5-3-4-14-28-20/h2-9,14-15,18-19H,1,10-13H2,(H,31,35)(H2,27,29,30)(H,28,32,36). The zero-order chi connectivity index (χ0) is 25.1. The van der Waals surface area contributed by atoms with Crippen LogP contribution < -0.4 is 16.4 Å². The van der Waals surface area contributed by atoms with Gasteiger partial charge in [0.05, 0.1) is 11.4 Å². The van der Waals surface area contributed by atoms with Crippen LogP contribution in [0.5, 0.6) is 0 Å². The van der Waals surface area contributed by atoms with E-state index < -0.39 is 0 Å². The number of nitrogen functional groups attached to an aromatic ring is 1. The van der Waals surface area contributed by atoms with Gasteiger partial charge in [0.25, 0.3) is 5.91 Å². The van der Waals surface area contributed by atoms with Crippen molar-refractivity contribution in [1.29, 1.82) is 0 Å². The lowest BCUT2D eigenvalue weighted by molar-refractivity contribution is -0.117. The van der Waals surface area contributed by atoms with Crippen molar-refractivity contribution >= 4 is 34.5 Å². The summed E-state index contributed by atoms with van der Waals surface area (Å²) in [6.45, 7) is 3.52. The van der Waals surface area contributed by atoms with Gasteiger partial charge in [0, 0.05) is 23.4 Å². The number of rotatable bonds is 6. The Morgan fingerprint density at radius 3 is 2.50 bits per heavy atom. The highest BCUT2D eigenvalue weighted by molar-refractivity contribution is 6.04. The lowest BCUT2D eigenvalue weighted by Crippen LogP contribution is -2.37. The Bertz CT molecular complexity index is 1410. The van der Waals surface area contributed by atoms with Gasteiger partial charge in [-0.15, -0.1) is 0 Å². The molecule has 1 saturated carbocycles. The summed E-state index contributed by atoms with van der Waals surface area (Å²) in [5.41, 5.74) is 8.91. The highest BCUT2D eigenvalue weighted by Gasteiger charge is 2.27. The quantitative estimate of drug-likeness (QED) is 0.357. The summed E-state index contributed by atoms with van der Waals surface area (Å²) < 4.78 is 1.93. The number of nitrogens with one attached hydrogen (secondary N) is 2. The summed E-state index contributed by atoms with van der Waals surface area (Å²) in [5.74, 6) is 0.437. The fourth-order valence-corrected chi connectivity index (χ4v) is 4.58. The predicted molar refractivity (Wildman–Crippen MR) is 137 cm³/mol. The minimum atomic E-state index is -0.251. The van der Waals surface area contributed by atoms with Gasteiger partial charge >= 0.3 is 0 Å². The molecule has 0 spiro atoms. The lowest BCUT2D eigenvalue weighted by atomic mass is 9.91. The van der Waals surface area contributed by atoms with Gasteiger partial charge in [-0.05, 0) is 56.0 Å². The van der Waals surface area contributed by atoms with E-state index in [2.05, 4.69) is 32.2 Å². The third kappa shape index (κ3) is 4.65. The molecule has 0 bridgehead atoms.